The first kappa shape index (κ1) is 14.4. The Morgan fingerprint density at radius 3 is 3.06 bits per heavy atom. The number of unbranched alkanes of at least 4 members (excludes halogenated alkanes) is 1. The van der Waals surface area contributed by atoms with E-state index in [0.717, 1.165) is 39.1 Å². The maximum absolute atomic E-state index is 11.1. The molecule has 1 saturated heterocycles. The van der Waals surface area contributed by atoms with Crippen LogP contribution in [-0.4, -0.2) is 56.4 Å². The van der Waals surface area contributed by atoms with Crippen LogP contribution in [0, 0.1) is 0 Å². The van der Waals surface area contributed by atoms with Crippen molar-refractivity contribution in [3.05, 3.63) is 0 Å². The predicted octanol–water partition coefficient (Wildman–Crippen LogP) is 0.379. The molecule has 0 aliphatic carbocycles. The Labute approximate surface area is 103 Å². The van der Waals surface area contributed by atoms with Crippen LogP contribution in [0.15, 0.2) is 0 Å². The lowest BCUT2D eigenvalue weighted by molar-refractivity contribution is -0.143. The normalized spacial score (nSPS) is 21.4. The second kappa shape index (κ2) is 8.44. The summed E-state index contributed by atoms with van der Waals surface area (Å²) in [7, 11) is 0. The third kappa shape index (κ3) is 6.00. The van der Waals surface area contributed by atoms with Crippen LogP contribution in [0.5, 0.6) is 0 Å². The number of ether oxygens (including phenoxy) is 2. The average molecular weight is 244 g/mol. The molecule has 1 aliphatic heterocycles. The van der Waals surface area contributed by atoms with Gasteiger partial charge in [0.05, 0.1) is 19.3 Å². The molecular weight excluding hydrogens is 220 g/mol. The highest BCUT2D eigenvalue weighted by Crippen LogP contribution is 2.06. The summed E-state index contributed by atoms with van der Waals surface area (Å²) < 4.78 is 10.4. The lowest BCUT2D eigenvalue weighted by atomic mass is 10.2. The van der Waals surface area contributed by atoms with Gasteiger partial charge >= 0.3 is 5.97 Å². The molecule has 0 bridgehead atoms. The minimum atomic E-state index is -0.0886. The summed E-state index contributed by atoms with van der Waals surface area (Å²) in [6.07, 6.45) is 2.62. The zero-order chi connectivity index (χ0) is 12.5. The van der Waals surface area contributed by atoms with Gasteiger partial charge in [-0.1, -0.05) is 0 Å². The Morgan fingerprint density at radius 1 is 1.53 bits per heavy atom. The van der Waals surface area contributed by atoms with Gasteiger partial charge in [0.25, 0.3) is 0 Å². The van der Waals surface area contributed by atoms with Crippen LogP contribution in [0.4, 0.5) is 0 Å². The third-order valence-electron chi connectivity index (χ3n) is 2.90. The van der Waals surface area contributed by atoms with E-state index >= 15 is 0 Å². The topological polar surface area (TPSA) is 64.8 Å². The Balaban J connectivity index is 2.04. The molecule has 0 saturated carbocycles. The molecule has 5 nitrogen and oxygen atoms in total. The van der Waals surface area contributed by atoms with E-state index in [4.69, 9.17) is 15.2 Å². The summed E-state index contributed by atoms with van der Waals surface area (Å²) in [6, 6.07) is 0. The summed E-state index contributed by atoms with van der Waals surface area (Å²) in [5.74, 6) is -0.0886. The van der Waals surface area contributed by atoms with Crippen molar-refractivity contribution in [1.82, 2.24) is 4.90 Å². The zero-order valence-electron chi connectivity index (χ0n) is 10.7. The molecule has 5 heteroatoms. The van der Waals surface area contributed by atoms with Crippen molar-refractivity contribution in [1.29, 1.82) is 0 Å². The van der Waals surface area contributed by atoms with Crippen LogP contribution in [0.2, 0.25) is 0 Å². The van der Waals surface area contributed by atoms with E-state index in [2.05, 4.69) is 4.90 Å². The van der Waals surface area contributed by atoms with E-state index in [-0.39, 0.29) is 12.1 Å². The summed E-state index contributed by atoms with van der Waals surface area (Å²) in [5.41, 5.74) is 5.58. The number of carbonyl (C=O) groups is 1. The fourth-order valence-corrected chi connectivity index (χ4v) is 1.96. The number of morpholine rings is 1. The number of hydrogen-bond acceptors (Lipinski definition) is 5. The number of carbonyl (C=O) groups excluding carboxylic acids is 1. The number of nitrogens with two attached hydrogens (primary N) is 1. The number of hydrogen-bond donors (Lipinski definition) is 1. The molecule has 0 spiro atoms. The van der Waals surface area contributed by atoms with E-state index in [1.54, 1.807) is 0 Å². The Morgan fingerprint density at radius 2 is 2.35 bits per heavy atom. The van der Waals surface area contributed by atoms with Crippen molar-refractivity contribution in [3.63, 3.8) is 0 Å². The van der Waals surface area contributed by atoms with Crippen LogP contribution in [0.25, 0.3) is 0 Å². The molecule has 1 atom stereocenters. The number of rotatable bonds is 7. The molecule has 1 fully saturated rings. The number of esters is 1. The second-order valence-electron chi connectivity index (χ2n) is 4.29. The molecule has 0 radical (unpaired) electrons. The average Bonchev–Trinajstić information content (AvgIpc) is 2.35. The van der Waals surface area contributed by atoms with Crippen LogP contribution in [0.1, 0.15) is 26.2 Å². The van der Waals surface area contributed by atoms with Gasteiger partial charge in [-0.2, -0.15) is 0 Å². The van der Waals surface area contributed by atoms with E-state index in [1.807, 2.05) is 6.92 Å². The molecule has 0 aromatic rings. The SMILES string of the molecule is CCOC(=O)CCCCN1CCO[C@H](CN)C1. The van der Waals surface area contributed by atoms with Crippen molar-refractivity contribution in [2.24, 2.45) is 5.73 Å². The maximum atomic E-state index is 11.1. The Bertz CT molecular complexity index is 224. The van der Waals surface area contributed by atoms with Gasteiger partial charge < -0.3 is 15.2 Å². The van der Waals surface area contributed by atoms with E-state index in [9.17, 15) is 4.79 Å². The molecule has 2 N–H and O–H groups in total. The van der Waals surface area contributed by atoms with Crippen LogP contribution in [-0.2, 0) is 14.3 Å². The van der Waals surface area contributed by atoms with Crippen molar-refractivity contribution in [2.75, 3.05) is 39.4 Å². The molecule has 0 aromatic carbocycles. The maximum Gasteiger partial charge on any atom is 0.305 e. The monoisotopic (exact) mass is 244 g/mol. The Hall–Kier alpha value is -0.650. The van der Waals surface area contributed by atoms with Gasteiger partial charge in [0.1, 0.15) is 0 Å². The molecule has 0 aromatic heterocycles. The fraction of sp³-hybridized carbons (Fsp3) is 0.917. The summed E-state index contributed by atoms with van der Waals surface area (Å²) >= 11 is 0. The molecular formula is C12H24N2O3. The first-order valence-electron chi connectivity index (χ1n) is 6.46. The minimum absolute atomic E-state index is 0.0886. The van der Waals surface area contributed by atoms with Gasteiger partial charge in [-0.05, 0) is 26.3 Å². The molecule has 17 heavy (non-hydrogen) atoms. The third-order valence-corrected chi connectivity index (χ3v) is 2.90. The molecule has 1 rings (SSSR count). The summed E-state index contributed by atoms with van der Waals surface area (Å²) in [4.78, 5) is 13.5. The molecule has 1 aliphatic rings. The van der Waals surface area contributed by atoms with Crippen molar-refractivity contribution >= 4 is 5.97 Å². The van der Waals surface area contributed by atoms with Crippen LogP contribution < -0.4 is 5.73 Å². The summed E-state index contributed by atoms with van der Waals surface area (Å²) in [6.45, 7) is 6.54. The predicted molar refractivity (Wildman–Crippen MR) is 65.7 cm³/mol. The molecule has 100 valence electrons. The fourth-order valence-electron chi connectivity index (χ4n) is 1.96. The highest BCUT2D eigenvalue weighted by atomic mass is 16.5. The standard InChI is InChI=1S/C12H24N2O3/c1-2-16-12(15)5-3-4-6-14-7-8-17-11(9-13)10-14/h11H,2-10,13H2,1H3/t11-/m1/s1. The van der Waals surface area contributed by atoms with Crippen molar-refractivity contribution < 1.29 is 14.3 Å². The minimum Gasteiger partial charge on any atom is -0.466 e. The first-order valence-corrected chi connectivity index (χ1v) is 6.46. The quantitative estimate of drug-likeness (QED) is 0.518. The van der Waals surface area contributed by atoms with Crippen molar-refractivity contribution in [3.8, 4) is 0 Å². The second-order valence-corrected chi connectivity index (χ2v) is 4.29. The largest absolute Gasteiger partial charge is 0.466 e. The van der Waals surface area contributed by atoms with Crippen LogP contribution >= 0.6 is 0 Å². The van der Waals surface area contributed by atoms with Crippen molar-refractivity contribution in [2.45, 2.75) is 32.3 Å². The van der Waals surface area contributed by atoms with Gasteiger partial charge in [-0.25, -0.2) is 0 Å². The highest BCUT2D eigenvalue weighted by Gasteiger charge is 2.18. The van der Waals surface area contributed by atoms with Crippen LogP contribution in [0.3, 0.4) is 0 Å². The van der Waals surface area contributed by atoms with E-state index in [0.29, 0.717) is 19.6 Å². The zero-order valence-corrected chi connectivity index (χ0v) is 10.7. The first-order chi connectivity index (χ1) is 8.26. The molecule has 0 unspecified atom stereocenters. The van der Waals surface area contributed by atoms with Gasteiger partial charge in [-0.15, -0.1) is 0 Å². The number of nitrogens with zero attached hydrogens (tertiary/aromatic N) is 1. The molecule has 0 amide bonds. The summed E-state index contributed by atoms with van der Waals surface area (Å²) in [5, 5.41) is 0. The molecule has 1 heterocycles. The van der Waals surface area contributed by atoms with E-state index in [1.165, 1.54) is 0 Å². The van der Waals surface area contributed by atoms with Gasteiger partial charge in [0, 0.05) is 26.1 Å². The van der Waals surface area contributed by atoms with Gasteiger partial charge in [0.2, 0.25) is 0 Å². The van der Waals surface area contributed by atoms with Gasteiger partial charge in [-0.3, -0.25) is 9.69 Å². The van der Waals surface area contributed by atoms with E-state index < -0.39 is 0 Å². The lowest BCUT2D eigenvalue weighted by Gasteiger charge is -2.32. The van der Waals surface area contributed by atoms with Gasteiger partial charge in [0.15, 0.2) is 0 Å². The Kier molecular flexibility index (Phi) is 7.16. The highest BCUT2D eigenvalue weighted by molar-refractivity contribution is 5.69. The lowest BCUT2D eigenvalue weighted by Crippen LogP contribution is -2.45. The smallest absolute Gasteiger partial charge is 0.305 e.